The second-order valence-electron chi connectivity index (χ2n) is 5.07. The molecule has 0 fully saturated rings. The quantitative estimate of drug-likeness (QED) is 0.904. The van der Waals surface area contributed by atoms with E-state index in [-0.39, 0.29) is 12.1 Å². The van der Waals surface area contributed by atoms with Crippen LogP contribution in [0.15, 0.2) is 30.6 Å². The Balaban J connectivity index is 2.11. The van der Waals surface area contributed by atoms with Gasteiger partial charge < -0.3 is 14.6 Å². The van der Waals surface area contributed by atoms with Crippen LogP contribution in [0.2, 0.25) is 5.02 Å². The van der Waals surface area contributed by atoms with Crippen LogP contribution in [-0.2, 0) is 7.05 Å². The molecule has 0 aliphatic carbocycles. The van der Waals surface area contributed by atoms with Crippen LogP contribution >= 0.6 is 11.6 Å². The van der Waals surface area contributed by atoms with E-state index in [2.05, 4.69) is 17.2 Å². The van der Waals surface area contributed by atoms with Crippen LogP contribution in [0, 0.1) is 0 Å². The molecule has 1 aromatic carbocycles. The third-order valence-electron chi connectivity index (χ3n) is 2.92. The fourth-order valence-corrected chi connectivity index (χ4v) is 2.27. The molecule has 2 aromatic rings. The highest BCUT2D eigenvalue weighted by Crippen LogP contribution is 2.29. The van der Waals surface area contributed by atoms with Crippen molar-refractivity contribution in [2.75, 3.05) is 5.32 Å². The van der Waals surface area contributed by atoms with E-state index in [4.69, 9.17) is 16.3 Å². The van der Waals surface area contributed by atoms with Crippen molar-refractivity contribution in [3.63, 3.8) is 0 Å². The van der Waals surface area contributed by atoms with Crippen molar-refractivity contribution in [3.05, 3.63) is 41.4 Å². The number of hydrogen-bond acceptors (Lipinski definition) is 3. The van der Waals surface area contributed by atoms with Crippen molar-refractivity contribution >= 4 is 17.3 Å². The second-order valence-corrected chi connectivity index (χ2v) is 5.48. The van der Waals surface area contributed by atoms with E-state index in [0.29, 0.717) is 10.8 Å². The number of anilines is 1. The summed E-state index contributed by atoms with van der Waals surface area (Å²) in [5.74, 6) is 1.68. The third kappa shape index (κ3) is 3.45. The molecule has 0 aliphatic rings. The fraction of sp³-hybridized carbons (Fsp3) is 0.400. The number of hydrogen-bond donors (Lipinski definition) is 1. The van der Waals surface area contributed by atoms with Crippen molar-refractivity contribution in [3.8, 4) is 5.75 Å². The number of halogens is 1. The van der Waals surface area contributed by atoms with Gasteiger partial charge in [0, 0.05) is 25.1 Å². The summed E-state index contributed by atoms with van der Waals surface area (Å²) in [5.41, 5.74) is 0.946. The van der Waals surface area contributed by atoms with Gasteiger partial charge in [-0.3, -0.25) is 0 Å². The van der Waals surface area contributed by atoms with Gasteiger partial charge in [-0.25, -0.2) is 4.98 Å². The molecule has 1 N–H and O–H groups in total. The van der Waals surface area contributed by atoms with E-state index >= 15 is 0 Å². The molecular formula is C15H20ClN3O. The Bertz CT molecular complexity index is 580. The SMILES string of the molecule is CC(C)Oc1ccc(NC(C)c2nccn2C)cc1Cl. The average molecular weight is 294 g/mol. The number of imidazole rings is 1. The molecule has 1 aromatic heterocycles. The molecule has 20 heavy (non-hydrogen) atoms. The normalized spacial score (nSPS) is 12.5. The lowest BCUT2D eigenvalue weighted by Gasteiger charge is -2.17. The van der Waals surface area contributed by atoms with Gasteiger partial charge in [-0.05, 0) is 39.0 Å². The monoisotopic (exact) mass is 293 g/mol. The maximum absolute atomic E-state index is 6.23. The first-order valence-corrected chi connectivity index (χ1v) is 7.05. The first-order chi connectivity index (χ1) is 9.47. The zero-order chi connectivity index (χ0) is 14.7. The number of benzene rings is 1. The van der Waals surface area contributed by atoms with E-state index < -0.39 is 0 Å². The topological polar surface area (TPSA) is 39.1 Å². The largest absolute Gasteiger partial charge is 0.489 e. The highest BCUT2D eigenvalue weighted by Gasteiger charge is 2.11. The van der Waals surface area contributed by atoms with Gasteiger partial charge in [0.15, 0.2) is 0 Å². The predicted octanol–water partition coefficient (Wildman–Crippen LogP) is 4.03. The van der Waals surface area contributed by atoms with Crippen LogP contribution in [0.25, 0.3) is 0 Å². The summed E-state index contributed by atoms with van der Waals surface area (Å²) in [7, 11) is 1.98. The summed E-state index contributed by atoms with van der Waals surface area (Å²) < 4.78 is 7.62. The minimum Gasteiger partial charge on any atom is -0.489 e. The zero-order valence-electron chi connectivity index (χ0n) is 12.2. The summed E-state index contributed by atoms with van der Waals surface area (Å²) in [6.45, 7) is 6.02. The molecule has 5 heteroatoms. The van der Waals surface area contributed by atoms with Crippen molar-refractivity contribution in [2.24, 2.45) is 7.05 Å². The van der Waals surface area contributed by atoms with Crippen LogP contribution in [-0.4, -0.2) is 15.7 Å². The summed E-state index contributed by atoms with van der Waals surface area (Å²) in [4.78, 5) is 4.33. The molecule has 0 spiro atoms. The number of rotatable bonds is 5. The molecule has 0 saturated heterocycles. The lowest BCUT2D eigenvalue weighted by Crippen LogP contribution is -2.12. The summed E-state index contributed by atoms with van der Waals surface area (Å²) >= 11 is 6.23. The number of nitrogens with zero attached hydrogens (tertiary/aromatic N) is 2. The molecule has 0 bridgehead atoms. The van der Waals surface area contributed by atoms with Gasteiger partial charge >= 0.3 is 0 Å². The maximum Gasteiger partial charge on any atom is 0.138 e. The molecule has 2 rings (SSSR count). The fourth-order valence-electron chi connectivity index (χ4n) is 2.05. The van der Waals surface area contributed by atoms with Gasteiger partial charge in [0.05, 0.1) is 17.2 Å². The summed E-state index contributed by atoms with van der Waals surface area (Å²) in [6.07, 6.45) is 3.83. The number of aryl methyl sites for hydroxylation is 1. The Hall–Kier alpha value is -1.68. The van der Waals surface area contributed by atoms with E-state index in [1.807, 2.05) is 49.9 Å². The Labute approximate surface area is 124 Å². The van der Waals surface area contributed by atoms with Gasteiger partial charge in [0.2, 0.25) is 0 Å². The van der Waals surface area contributed by atoms with Gasteiger partial charge in [0.1, 0.15) is 11.6 Å². The Morgan fingerprint density at radius 3 is 2.60 bits per heavy atom. The standard InChI is InChI=1S/C15H20ClN3O/c1-10(2)20-14-6-5-12(9-13(14)16)18-11(3)15-17-7-8-19(15)4/h5-11,18H,1-4H3. The van der Waals surface area contributed by atoms with Gasteiger partial charge in [0.25, 0.3) is 0 Å². The average Bonchev–Trinajstić information content (AvgIpc) is 2.78. The second kappa shape index (κ2) is 6.18. The van der Waals surface area contributed by atoms with Crippen LogP contribution in [0.1, 0.15) is 32.6 Å². The molecule has 1 atom stereocenters. The molecule has 108 valence electrons. The molecule has 4 nitrogen and oxygen atoms in total. The maximum atomic E-state index is 6.23. The first kappa shape index (κ1) is 14.7. The van der Waals surface area contributed by atoms with Crippen molar-refractivity contribution < 1.29 is 4.74 Å². The summed E-state index contributed by atoms with van der Waals surface area (Å²) in [6, 6.07) is 5.82. The van der Waals surface area contributed by atoms with E-state index in [1.54, 1.807) is 6.20 Å². The Kier molecular flexibility index (Phi) is 4.55. The zero-order valence-corrected chi connectivity index (χ0v) is 13.0. The molecule has 0 amide bonds. The smallest absolute Gasteiger partial charge is 0.138 e. The minimum atomic E-state index is 0.0999. The van der Waals surface area contributed by atoms with Crippen molar-refractivity contribution in [2.45, 2.75) is 32.9 Å². The van der Waals surface area contributed by atoms with E-state index in [0.717, 1.165) is 11.5 Å². The third-order valence-corrected chi connectivity index (χ3v) is 3.22. The van der Waals surface area contributed by atoms with Crippen LogP contribution in [0.3, 0.4) is 0 Å². The highest BCUT2D eigenvalue weighted by atomic mass is 35.5. The molecule has 0 radical (unpaired) electrons. The highest BCUT2D eigenvalue weighted by molar-refractivity contribution is 6.32. The van der Waals surface area contributed by atoms with Crippen molar-refractivity contribution in [1.29, 1.82) is 0 Å². The molecule has 1 heterocycles. The van der Waals surface area contributed by atoms with Gasteiger partial charge in [-0.15, -0.1) is 0 Å². The van der Waals surface area contributed by atoms with Crippen LogP contribution in [0.5, 0.6) is 5.75 Å². The lowest BCUT2D eigenvalue weighted by molar-refractivity contribution is 0.242. The lowest BCUT2D eigenvalue weighted by atomic mass is 10.2. The van der Waals surface area contributed by atoms with Crippen molar-refractivity contribution in [1.82, 2.24) is 9.55 Å². The molecule has 1 unspecified atom stereocenters. The first-order valence-electron chi connectivity index (χ1n) is 6.67. The Morgan fingerprint density at radius 2 is 2.05 bits per heavy atom. The minimum absolute atomic E-state index is 0.0999. The predicted molar refractivity (Wildman–Crippen MR) is 82.5 cm³/mol. The van der Waals surface area contributed by atoms with Crippen LogP contribution < -0.4 is 10.1 Å². The molecular weight excluding hydrogens is 274 g/mol. The van der Waals surface area contributed by atoms with Gasteiger partial charge in [-0.1, -0.05) is 11.6 Å². The molecule has 0 aliphatic heterocycles. The number of aromatic nitrogens is 2. The number of nitrogens with one attached hydrogen (secondary N) is 1. The van der Waals surface area contributed by atoms with Crippen LogP contribution in [0.4, 0.5) is 5.69 Å². The van der Waals surface area contributed by atoms with E-state index in [1.165, 1.54) is 0 Å². The van der Waals surface area contributed by atoms with E-state index in [9.17, 15) is 0 Å². The summed E-state index contributed by atoms with van der Waals surface area (Å²) in [5, 5.41) is 3.99. The molecule has 0 saturated carbocycles. The van der Waals surface area contributed by atoms with Gasteiger partial charge in [-0.2, -0.15) is 0 Å². The Morgan fingerprint density at radius 1 is 1.30 bits per heavy atom. The number of ether oxygens (including phenoxy) is 1.